The van der Waals surface area contributed by atoms with Crippen LogP contribution in [-0.2, 0) is 14.3 Å². The van der Waals surface area contributed by atoms with E-state index in [2.05, 4.69) is 30.6 Å². The normalized spacial score (nSPS) is 11.0. The van der Waals surface area contributed by atoms with Crippen LogP contribution in [0.3, 0.4) is 0 Å². The Hall–Kier alpha value is -1.97. The van der Waals surface area contributed by atoms with E-state index < -0.39 is 6.29 Å². The van der Waals surface area contributed by atoms with E-state index in [-0.39, 0.29) is 24.3 Å². The molecule has 2 rings (SSSR count). The number of ether oxygens (including phenoxy) is 2. The SMILES string of the molecule is COC(CNC(=O)CNc1nc(Cl)nc2nc[nH]c12)OC. The first-order chi connectivity index (χ1) is 10.1. The minimum Gasteiger partial charge on any atom is -0.359 e. The number of rotatable bonds is 7. The Kier molecular flexibility index (Phi) is 5.26. The number of nitrogens with one attached hydrogen (secondary N) is 3. The van der Waals surface area contributed by atoms with Gasteiger partial charge in [-0.05, 0) is 11.6 Å². The lowest BCUT2D eigenvalue weighted by molar-refractivity contribution is -0.125. The molecule has 0 saturated carbocycles. The summed E-state index contributed by atoms with van der Waals surface area (Å²) in [5, 5.41) is 5.58. The van der Waals surface area contributed by atoms with E-state index in [0.717, 1.165) is 0 Å². The van der Waals surface area contributed by atoms with E-state index >= 15 is 0 Å². The predicted molar refractivity (Wildman–Crippen MR) is 76.0 cm³/mol. The zero-order chi connectivity index (χ0) is 15.2. The molecule has 0 spiro atoms. The van der Waals surface area contributed by atoms with Crippen molar-refractivity contribution in [2.45, 2.75) is 6.29 Å². The van der Waals surface area contributed by atoms with Gasteiger partial charge in [-0.2, -0.15) is 9.97 Å². The molecule has 0 unspecified atom stereocenters. The zero-order valence-electron chi connectivity index (χ0n) is 11.5. The second kappa shape index (κ2) is 7.16. The third kappa shape index (κ3) is 4.00. The van der Waals surface area contributed by atoms with Gasteiger partial charge in [0, 0.05) is 14.2 Å². The number of anilines is 1. The molecule has 0 aliphatic heterocycles. The molecule has 1 amide bonds. The third-order valence-electron chi connectivity index (χ3n) is 2.67. The summed E-state index contributed by atoms with van der Waals surface area (Å²) in [5.74, 6) is 0.171. The Morgan fingerprint density at radius 2 is 2.19 bits per heavy atom. The molecule has 0 bridgehead atoms. The molecular formula is C11H15ClN6O3. The van der Waals surface area contributed by atoms with E-state index in [1.165, 1.54) is 20.5 Å². The summed E-state index contributed by atoms with van der Waals surface area (Å²) in [6, 6.07) is 0. The number of carbonyl (C=O) groups excluding carboxylic acids is 1. The number of carbonyl (C=O) groups is 1. The minimum absolute atomic E-state index is 0.0155. The Morgan fingerprint density at radius 3 is 2.90 bits per heavy atom. The Morgan fingerprint density at radius 1 is 1.43 bits per heavy atom. The molecule has 9 nitrogen and oxygen atoms in total. The summed E-state index contributed by atoms with van der Waals surface area (Å²) in [4.78, 5) is 26.5. The number of aromatic nitrogens is 4. The van der Waals surface area contributed by atoms with Crippen molar-refractivity contribution in [1.29, 1.82) is 0 Å². The van der Waals surface area contributed by atoms with Crippen LogP contribution in [0.4, 0.5) is 5.82 Å². The van der Waals surface area contributed by atoms with Gasteiger partial charge in [0.05, 0.1) is 19.4 Å². The average Bonchev–Trinajstić information content (AvgIpc) is 2.94. The number of amides is 1. The van der Waals surface area contributed by atoms with Crippen LogP contribution in [0.25, 0.3) is 11.2 Å². The molecule has 2 heterocycles. The van der Waals surface area contributed by atoms with Gasteiger partial charge in [-0.3, -0.25) is 4.79 Å². The topological polar surface area (TPSA) is 114 Å². The summed E-state index contributed by atoms with van der Waals surface area (Å²) in [7, 11) is 2.99. The van der Waals surface area contributed by atoms with Gasteiger partial charge in [0.2, 0.25) is 11.2 Å². The molecule has 114 valence electrons. The lowest BCUT2D eigenvalue weighted by Gasteiger charge is -2.14. The average molecular weight is 315 g/mol. The second-order valence-electron chi connectivity index (χ2n) is 4.00. The van der Waals surface area contributed by atoms with Crippen molar-refractivity contribution in [2.75, 3.05) is 32.6 Å². The number of nitrogens with zero attached hydrogens (tertiary/aromatic N) is 3. The molecule has 0 atom stereocenters. The first-order valence-electron chi connectivity index (χ1n) is 6.06. The zero-order valence-corrected chi connectivity index (χ0v) is 12.3. The number of halogens is 1. The number of methoxy groups -OCH3 is 2. The fourth-order valence-corrected chi connectivity index (χ4v) is 1.79. The van der Waals surface area contributed by atoms with Gasteiger partial charge in [0.1, 0.15) is 5.52 Å². The van der Waals surface area contributed by atoms with Crippen molar-refractivity contribution in [3.8, 4) is 0 Å². The molecule has 10 heteroatoms. The quantitative estimate of drug-likeness (QED) is 0.492. The van der Waals surface area contributed by atoms with E-state index in [1.807, 2.05) is 0 Å². The summed E-state index contributed by atoms with van der Waals surface area (Å²) >= 11 is 5.79. The van der Waals surface area contributed by atoms with Gasteiger partial charge in [-0.15, -0.1) is 0 Å². The number of hydrogen-bond donors (Lipinski definition) is 3. The van der Waals surface area contributed by atoms with Crippen molar-refractivity contribution in [3.05, 3.63) is 11.6 Å². The van der Waals surface area contributed by atoms with Crippen LogP contribution in [0.5, 0.6) is 0 Å². The molecule has 2 aromatic rings. The van der Waals surface area contributed by atoms with Crippen molar-refractivity contribution < 1.29 is 14.3 Å². The maximum atomic E-state index is 11.7. The highest BCUT2D eigenvalue weighted by molar-refractivity contribution is 6.28. The summed E-state index contributed by atoms with van der Waals surface area (Å²) in [6.07, 6.45) is 0.990. The molecule has 0 saturated heterocycles. The first kappa shape index (κ1) is 15.4. The van der Waals surface area contributed by atoms with Crippen LogP contribution in [0.15, 0.2) is 6.33 Å². The standard InChI is InChI=1S/C11H15ClN6O3/c1-20-7(21-2)4-13-6(19)3-14-9-8-10(16-5-15-8)18-11(12)17-9/h5,7H,3-4H2,1-2H3,(H,13,19)(H2,14,15,16,17,18). The summed E-state index contributed by atoms with van der Waals surface area (Å²) in [6.45, 7) is 0.263. The highest BCUT2D eigenvalue weighted by Crippen LogP contribution is 2.17. The number of imidazole rings is 1. The van der Waals surface area contributed by atoms with Crippen molar-refractivity contribution in [2.24, 2.45) is 0 Å². The molecule has 2 aromatic heterocycles. The smallest absolute Gasteiger partial charge is 0.239 e. The number of fused-ring (bicyclic) bond motifs is 1. The van der Waals surface area contributed by atoms with E-state index in [0.29, 0.717) is 17.0 Å². The van der Waals surface area contributed by atoms with Gasteiger partial charge < -0.3 is 25.1 Å². The highest BCUT2D eigenvalue weighted by Gasteiger charge is 2.11. The van der Waals surface area contributed by atoms with Crippen LogP contribution in [-0.4, -0.2) is 59.4 Å². The van der Waals surface area contributed by atoms with Gasteiger partial charge in [0.15, 0.2) is 17.8 Å². The molecule has 0 aliphatic rings. The van der Waals surface area contributed by atoms with Crippen LogP contribution in [0.1, 0.15) is 0 Å². The van der Waals surface area contributed by atoms with E-state index in [1.54, 1.807) is 0 Å². The fourth-order valence-electron chi connectivity index (χ4n) is 1.62. The fraction of sp³-hybridized carbons (Fsp3) is 0.455. The third-order valence-corrected chi connectivity index (χ3v) is 2.84. The monoisotopic (exact) mass is 314 g/mol. The maximum Gasteiger partial charge on any atom is 0.239 e. The Balaban J connectivity index is 1.92. The van der Waals surface area contributed by atoms with Crippen molar-refractivity contribution in [1.82, 2.24) is 25.3 Å². The maximum absolute atomic E-state index is 11.7. The van der Waals surface area contributed by atoms with Crippen LogP contribution in [0, 0.1) is 0 Å². The number of aromatic amines is 1. The van der Waals surface area contributed by atoms with Gasteiger partial charge in [-0.1, -0.05) is 0 Å². The van der Waals surface area contributed by atoms with Crippen LogP contribution >= 0.6 is 11.6 Å². The highest BCUT2D eigenvalue weighted by atomic mass is 35.5. The second-order valence-corrected chi connectivity index (χ2v) is 4.34. The van der Waals surface area contributed by atoms with Gasteiger partial charge in [0.25, 0.3) is 0 Å². The number of hydrogen-bond acceptors (Lipinski definition) is 7. The summed E-state index contributed by atoms with van der Waals surface area (Å²) in [5.41, 5.74) is 1.01. The lowest BCUT2D eigenvalue weighted by Crippen LogP contribution is -2.37. The molecule has 0 aliphatic carbocycles. The summed E-state index contributed by atoms with van der Waals surface area (Å²) < 4.78 is 9.93. The van der Waals surface area contributed by atoms with Gasteiger partial charge in [-0.25, -0.2) is 4.98 Å². The largest absolute Gasteiger partial charge is 0.359 e. The van der Waals surface area contributed by atoms with Crippen LogP contribution < -0.4 is 10.6 Å². The van der Waals surface area contributed by atoms with Crippen molar-refractivity contribution >= 4 is 34.5 Å². The minimum atomic E-state index is -0.484. The lowest BCUT2D eigenvalue weighted by atomic mass is 10.4. The van der Waals surface area contributed by atoms with Crippen LogP contribution in [0.2, 0.25) is 5.28 Å². The molecule has 0 radical (unpaired) electrons. The Labute approximate surface area is 125 Å². The first-order valence-corrected chi connectivity index (χ1v) is 6.44. The molecule has 21 heavy (non-hydrogen) atoms. The van der Waals surface area contributed by atoms with Gasteiger partial charge >= 0.3 is 0 Å². The molecule has 0 fully saturated rings. The van der Waals surface area contributed by atoms with Crippen molar-refractivity contribution in [3.63, 3.8) is 0 Å². The van der Waals surface area contributed by atoms with E-state index in [9.17, 15) is 4.79 Å². The molecule has 3 N–H and O–H groups in total. The molecule has 0 aromatic carbocycles. The Bertz CT molecular complexity index is 615. The predicted octanol–water partition coefficient (Wildman–Crippen LogP) is 0.153. The number of H-pyrrole nitrogens is 1. The molecular weight excluding hydrogens is 300 g/mol. The van der Waals surface area contributed by atoms with E-state index in [4.69, 9.17) is 21.1 Å².